The molecule has 1 aromatic rings. The van der Waals surface area contributed by atoms with Gasteiger partial charge in [-0.05, 0) is 57.1 Å². The molecule has 0 unspecified atom stereocenters. The fourth-order valence-corrected chi connectivity index (χ4v) is 4.28. The molecule has 2 fully saturated rings. The summed E-state index contributed by atoms with van der Waals surface area (Å²) >= 11 is 0. The second-order valence-corrected chi connectivity index (χ2v) is 6.93. The number of ether oxygens (including phenoxy) is 1. The lowest BCUT2D eigenvalue weighted by Crippen LogP contribution is -2.40. The lowest BCUT2D eigenvalue weighted by Gasteiger charge is -2.40. The summed E-state index contributed by atoms with van der Waals surface area (Å²) in [5, 5.41) is 0. The first-order valence-electron chi connectivity index (χ1n) is 8.07. The molecular formula is C18H27NO. The number of nitrogens with zero attached hydrogens (tertiary/aromatic N) is 1. The van der Waals surface area contributed by atoms with Crippen LogP contribution in [-0.4, -0.2) is 36.7 Å². The van der Waals surface area contributed by atoms with Gasteiger partial charge in [-0.1, -0.05) is 30.3 Å². The van der Waals surface area contributed by atoms with Gasteiger partial charge in [0.2, 0.25) is 0 Å². The maximum Gasteiger partial charge on any atom is 0.0556 e. The molecular weight excluding hydrogens is 246 g/mol. The van der Waals surface area contributed by atoms with Gasteiger partial charge < -0.3 is 9.64 Å². The van der Waals surface area contributed by atoms with Gasteiger partial charge in [0.15, 0.2) is 0 Å². The Morgan fingerprint density at radius 1 is 1.15 bits per heavy atom. The summed E-state index contributed by atoms with van der Waals surface area (Å²) in [4.78, 5) is 2.66. The Morgan fingerprint density at radius 2 is 1.85 bits per heavy atom. The highest BCUT2D eigenvalue weighted by Gasteiger charge is 2.43. The second kappa shape index (κ2) is 5.87. The van der Waals surface area contributed by atoms with E-state index in [9.17, 15) is 0 Å². The van der Waals surface area contributed by atoms with Gasteiger partial charge in [0.25, 0.3) is 0 Å². The van der Waals surface area contributed by atoms with Crippen LogP contribution in [0, 0.1) is 5.41 Å². The fraction of sp³-hybridized carbons (Fsp3) is 0.667. The highest BCUT2D eigenvalue weighted by molar-refractivity contribution is 5.15. The molecule has 0 aromatic heterocycles. The minimum Gasteiger partial charge on any atom is -0.376 e. The zero-order chi connectivity index (χ0) is 14.0. The van der Waals surface area contributed by atoms with E-state index in [0.29, 0.717) is 17.6 Å². The predicted molar refractivity (Wildman–Crippen MR) is 82.9 cm³/mol. The molecule has 0 bridgehead atoms. The van der Waals surface area contributed by atoms with Crippen molar-refractivity contribution < 1.29 is 4.74 Å². The summed E-state index contributed by atoms with van der Waals surface area (Å²) in [6.07, 6.45) is 5.91. The average Bonchev–Trinajstić information content (AvgIpc) is 2.79. The van der Waals surface area contributed by atoms with Crippen molar-refractivity contribution >= 4 is 0 Å². The van der Waals surface area contributed by atoms with Gasteiger partial charge in [-0.2, -0.15) is 0 Å². The van der Waals surface area contributed by atoms with Crippen molar-refractivity contribution in [3.63, 3.8) is 0 Å². The van der Waals surface area contributed by atoms with Crippen LogP contribution >= 0.6 is 0 Å². The minimum atomic E-state index is 0.438. The van der Waals surface area contributed by atoms with Crippen molar-refractivity contribution in [3.05, 3.63) is 35.9 Å². The quantitative estimate of drug-likeness (QED) is 0.835. The Balaban J connectivity index is 1.54. The molecule has 2 atom stereocenters. The third kappa shape index (κ3) is 3.24. The summed E-state index contributed by atoms with van der Waals surface area (Å²) < 4.78 is 5.92. The number of benzene rings is 1. The van der Waals surface area contributed by atoms with Crippen LogP contribution < -0.4 is 0 Å². The SMILES string of the molecule is C[C@@H]1CC2(CCN(CCc3ccccc3)C2)C[C@@H](C)O1. The van der Waals surface area contributed by atoms with Gasteiger partial charge in [-0.15, -0.1) is 0 Å². The largest absolute Gasteiger partial charge is 0.376 e. The molecule has 2 aliphatic heterocycles. The van der Waals surface area contributed by atoms with Crippen LogP contribution in [0.15, 0.2) is 30.3 Å². The second-order valence-electron chi connectivity index (χ2n) is 6.93. The van der Waals surface area contributed by atoms with E-state index in [0.717, 1.165) is 0 Å². The highest BCUT2D eigenvalue weighted by atomic mass is 16.5. The lowest BCUT2D eigenvalue weighted by atomic mass is 9.75. The molecule has 2 heteroatoms. The summed E-state index contributed by atoms with van der Waals surface area (Å²) in [5.41, 5.74) is 2.00. The molecule has 20 heavy (non-hydrogen) atoms. The highest BCUT2D eigenvalue weighted by Crippen LogP contribution is 2.43. The van der Waals surface area contributed by atoms with Crippen LogP contribution in [0.4, 0.5) is 0 Å². The lowest BCUT2D eigenvalue weighted by molar-refractivity contribution is -0.0836. The van der Waals surface area contributed by atoms with E-state index in [2.05, 4.69) is 49.1 Å². The molecule has 3 rings (SSSR count). The minimum absolute atomic E-state index is 0.438. The average molecular weight is 273 g/mol. The van der Waals surface area contributed by atoms with E-state index < -0.39 is 0 Å². The monoisotopic (exact) mass is 273 g/mol. The molecule has 0 radical (unpaired) electrons. The first-order valence-corrected chi connectivity index (χ1v) is 8.07. The van der Waals surface area contributed by atoms with Gasteiger partial charge in [0.1, 0.15) is 0 Å². The van der Waals surface area contributed by atoms with Crippen LogP contribution in [0.2, 0.25) is 0 Å². The van der Waals surface area contributed by atoms with E-state index in [4.69, 9.17) is 4.74 Å². The molecule has 110 valence electrons. The zero-order valence-corrected chi connectivity index (χ0v) is 12.8. The van der Waals surface area contributed by atoms with Crippen LogP contribution in [0.25, 0.3) is 0 Å². The Kier molecular flexibility index (Phi) is 4.13. The standard InChI is InChI=1S/C18H27NO/c1-15-12-18(13-16(2)20-15)9-11-19(14-18)10-8-17-6-4-3-5-7-17/h3-7,15-16H,8-14H2,1-2H3/t15-,16-/m1/s1. The van der Waals surface area contributed by atoms with E-state index in [1.54, 1.807) is 0 Å². The van der Waals surface area contributed by atoms with Crippen molar-refractivity contribution in [2.75, 3.05) is 19.6 Å². The first-order chi connectivity index (χ1) is 9.65. The van der Waals surface area contributed by atoms with Gasteiger partial charge >= 0.3 is 0 Å². The van der Waals surface area contributed by atoms with Crippen LogP contribution in [-0.2, 0) is 11.2 Å². The van der Waals surface area contributed by atoms with Gasteiger partial charge in [0, 0.05) is 13.1 Å². The van der Waals surface area contributed by atoms with E-state index in [-0.39, 0.29) is 0 Å². The van der Waals surface area contributed by atoms with Crippen molar-refractivity contribution in [2.45, 2.75) is 51.7 Å². The third-order valence-corrected chi connectivity index (χ3v) is 4.98. The Hall–Kier alpha value is -0.860. The van der Waals surface area contributed by atoms with Gasteiger partial charge in [0.05, 0.1) is 12.2 Å². The molecule has 0 amide bonds. The van der Waals surface area contributed by atoms with Gasteiger partial charge in [-0.3, -0.25) is 0 Å². The van der Waals surface area contributed by atoms with E-state index in [1.165, 1.54) is 50.9 Å². The molecule has 0 saturated carbocycles. The Labute approximate surface area is 123 Å². The molecule has 1 spiro atoms. The van der Waals surface area contributed by atoms with Crippen molar-refractivity contribution in [1.29, 1.82) is 0 Å². The van der Waals surface area contributed by atoms with Crippen LogP contribution in [0.1, 0.15) is 38.7 Å². The summed E-state index contributed by atoms with van der Waals surface area (Å²) in [7, 11) is 0. The van der Waals surface area contributed by atoms with Crippen molar-refractivity contribution in [1.82, 2.24) is 4.90 Å². The fourth-order valence-electron chi connectivity index (χ4n) is 4.28. The molecule has 0 N–H and O–H groups in total. The van der Waals surface area contributed by atoms with Crippen molar-refractivity contribution in [2.24, 2.45) is 5.41 Å². The topological polar surface area (TPSA) is 12.5 Å². The normalized spacial score (nSPS) is 34.7. The maximum absolute atomic E-state index is 5.92. The molecule has 2 saturated heterocycles. The zero-order valence-electron chi connectivity index (χ0n) is 12.8. The molecule has 1 aromatic carbocycles. The molecule has 0 aliphatic carbocycles. The Morgan fingerprint density at radius 3 is 2.55 bits per heavy atom. The molecule has 2 nitrogen and oxygen atoms in total. The van der Waals surface area contributed by atoms with E-state index in [1.807, 2.05) is 0 Å². The predicted octanol–water partition coefficient (Wildman–Crippen LogP) is 3.51. The summed E-state index contributed by atoms with van der Waals surface area (Å²) in [6.45, 7) is 8.23. The maximum atomic E-state index is 5.92. The first kappa shape index (κ1) is 14.1. The number of hydrogen-bond acceptors (Lipinski definition) is 2. The number of rotatable bonds is 3. The van der Waals surface area contributed by atoms with E-state index >= 15 is 0 Å². The third-order valence-electron chi connectivity index (χ3n) is 4.98. The summed E-state index contributed by atoms with van der Waals surface area (Å²) in [5.74, 6) is 0. The summed E-state index contributed by atoms with van der Waals surface area (Å²) in [6, 6.07) is 10.9. The van der Waals surface area contributed by atoms with Crippen LogP contribution in [0.3, 0.4) is 0 Å². The number of likely N-dealkylation sites (tertiary alicyclic amines) is 1. The molecule has 2 aliphatic rings. The number of hydrogen-bond donors (Lipinski definition) is 0. The smallest absolute Gasteiger partial charge is 0.0556 e. The molecule has 2 heterocycles. The van der Waals surface area contributed by atoms with Gasteiger partial charge in [-0.25, -0.2) is 0 Å². The van der Waals surface area contributed by atoms with Crippen molar-refractivity contribution in [3.8, 4) is 0 Å². The Bertz CT molecular complexity index is 420. The van der Waals surface area contributed by atoms with Crippen LogP contribution in [0.5, 0.6) is 0 Å².